The van der Waals surface area contributed by atoms with Crippen molar-refractivity contribution in [3.8, 4) is 0 Å². The van der Waals surface area contributed by atoms with Gasteiger partial charge in [-0.1, -0.05) is 0 Å². The third kappa shape index (κ3) is 3.69. The van der Waals surface area contributed by atoms with Crippen molar-refractivity contribution in [3.05, 3.63) is 0 Å². The summed E-state index contributed by atoms with van der Waals surface area (Å²) < 4.78 is 22.7. The first kappa shape index (κ1) is 14.9. The molecular weight excluding hydrogens is 258 g/mol. The standard InChI is InChI=1S/C11H19NO5S/c1-3-12(8(2)6-10(13)14)11(15)9-4-5-18(16,17)7-9/h8-9H,3-7H2,1-2H3,(H,13,14). The highest BCUT2D eigenvalue weighted by molar-refractivity contribution is 7.91. The lowest BCUT2D eigenvalue weighted by atomic mass is 10.1. The van der Waals surface area contributed by atoms with Gasteiger partial charge in [0.15, 0.2) is 9.84 Å². The summed E-state index contributed by atoms with van der Waals surface area (Å²) in [5, 5.41) is 8.72. The molecule has 6 nitrogen and oxygen atoms in total. The van der Waals surface area contributed by atoms with Crippen LogP contribution in [0.1, 0.15) is 26.7 Å². The van der Waals surface area contributed by atoms with Gasteiger partial charge >= 0.3 is 5.97 Å². The minimum absolute atomic E-state index is 0.0499. The van der Waals surface area contributed by atoms with Crippen LogP contribution in [0.5, 0.6) is 0 Å². The van der Waals surface area contributed by atoms with Crippen molar-refractivity contribution in [2.75, 3.05) is 18.1 Å². The fraction of sp³-hybridized carbons (Fsp3) is 0.818. The van der Waals surface area contributed by atoms with Gasteiger partial charge in [-0.15, -0.1) is 0 Å². The van der Waals surface area contributed by atoms with Crippen molar-refractivity contribution in [1.29, 1.82) is 0 Å². The van der Waals surface area contributed by atoms with Crippen LogP contribution in [0.25, 0.3) is 0 Å². The minimum Gasteiger partial charge on any atom is -0.481 e. The van der Waals surface area contributed by atoms with E-state index in [2.05, 4.69) is 0 Å². The van der Waals surface area contributed by atoms with Crippen LogP contribution < -0.4 is 0 Å². The number of amides is 1. The van der Waals surface area contributed by atoms with E-state index >= 15 is 0 Å². The molecule has 1 fully saturated rings. The summed E-state index contributed by atoms with van der Waals surface area (Å²) in [4.78, 5) is 24.3. The smallest absolute Gasteiger partial charge is 0.305 e. The molecule has 2 atom stereocenters. The third-order valence-corrected chi connectivity index (χ3v) is 4.98. The molecule has 18 heavy (non-hydrogen) atoms. The Balaban J connectivity index is 2.71. The van der Waals surface area contributed by atoms with Crippen molar-refractivity contribution in [1.82, 2.24) is 4.90 Å². The van der Waals surface area contributed by atoms with Crippen LogP contribution in [-0.4, -0.2) is 54.4 Å². The zero-order chi connectivity index (χ0) is 13.9. The van der Waals surface area contributed by atoms with E-state index in [0.717, 1.165) is 0 Å². The molecule has 1 saturated heterocycles. The monoisotopic (exact) mass is 277 g/mol. The van der Waals surface area contributed by atoms with Gasteiger partial charge in [0.2, 0.25) is 5.91 Å². The zero-order valence-corrected chi connectivity index (χ0v) is 11.4. The molecule has 0 aromatic heterocycles. The Hall–Kier alpha value is -1.11. The second-order valence-corrected chi connectivity index (χ2v) is 6.90. The highest BCUT2D eigenvalue weighted by Gasteiger charge is 2.36. The number of nitrogens with zero attached hydrogens (tertiary/aromatic N) is 1. The molecule has 0 aromatic rings. The zero-order valence-electron chi connectivity index (χ0n) is 10.6. The molecule has 0 aromatic carbocycles. The lowest BCUT2D eigenvalue weighted by Gasteiger charge is -2.29. The van der Waals surface area contributed by atoms with Gasteiger partial charge in [0.25, 0.3) is 0 Å². The molecule has 0 radical (unpaired) electrons. The molecule has 0 saturated carbocycles. The molecule has 1 heterocycles. The Morgan fingerprint density at radius 2 is 2.06 bits per heavy atom. The molecule has 1 rings (SSSR count). The number of carbonyl (C=O) groups excluding carboxylic acids is 1. The Morgan fingerprint density at radius 3 is 2.44 bits per heavy atom. The summed E-state index contributed by atoms with van der Waals surface area (Å²) >= 11 is 0. The second kappa shape index (κ2) is 5.69. The van der Waals surface area contributed by atoms with Crippen LogP contribution in [0.15, 0.2) is 0 Å². The Bertz CT molecular complexity index is 431. The van der Waals surface area contributed by atoms with Crippen molar-refractivity contribution in [2.45, 2.75) is 32.7 Å². The number of rotatable bonds is 5. The quantitative estimate of drug-likeness (QED) is 0.771. The predicted octanol–water partition coefficient (Wildman–Crippen LogP) is 0.133. The van der Waals surface area contributed by atoms with Crippen LogP contribution in [0.4, 0.5) is 0 Å². The molecule has 7 heteroatoms. The topological polar surface area (TPSA) is 91.8 Å². The minimum atomic E-state index is -3.09. The normalized spacial score (nSPS) is 23.6. The first-order valence-corrected chi connectivity index (χ1v) is 7.81. The number of carboxylic acids is 1. The van der Waals surface area contributed by atoms with Crippen LogP contribution in [0.2, 0.25) is 0 Å². The SMILES string of the molecule is CCN(C(=O)C1CCS(=O)(=O)C1)C(C)CC(=O)O. The van der Waals surface area contributed by atoms with Crippen LogP contribution in [0.3, 0.4) is 0 Å². The number of carbonyl (C=O) groups is 2. The summed E-state index contributed by atoms with van der Waals surface area (Å²) in [5.74, 6) is -1.78. The molecule has 1 aliphatic heterocycles. The Kier molecular flexibility index (Phi) is 4.72. The fourth-order valence-corrected chi connectivity index (χ4v) is 4.00. The molecule has 1 amide bonds. The van der Waals surface area contributed by atoms with Crippen molar-refractivity contribution >= 4 is 21.7 Å². The van der Waals surface area contributed by atoms with Gasteiger partial charge in [0.1, 0.15) is 0 Å². The van der Waals surface area contributed by atoms with Crippen LogP contribution in [-0.2, 0) is 19.4 Å². The van der Waals surface area contributed by atoms with E-state index in [9.17, 15) is 18.0 Å². The number of sulfone groups is 1. The van der Waals surface area contributed by atoms with E-state index in [1.807, 2.05) is 0 Å². The van der Waals surface area contributed by atoms with Gasteiger partial charge in [-0.05, 0) is 20.3 Å². The molecule has 0 bridgehead atoms. The van der Waals surface area contributed by atoms with Crippen LogP contribution >= 0.6 is 0 Å². The predicted molar refractivity (Wildman–Crippen MR) is 65.9 cm³/mol. The van der Waals surface area contributed by atoms with Gasteiger partial charge in [-0.2, -0.15) is 0 Å². The molecular formula is C11H19NO5S. The third-order valence-electron chi connectivity index (χ3n) is 3.21. The highest BCUT2D eigenvalue weighted by Crippen LogP contribution is 2.22. The van der Waals surface area contributed by atoms with Gasteiger partial charge < -0.3 is 10.0 Å². The van der Waals surface area contributed by atoms with Crippen molar-refractivity contribution < 1.29 is 23.1 Å². The largest absolute Gasteiger partial charge is 0.481 e. The molecule has 0 aliphatic carbocycles. The van der Waals surface area contributed by atoms with E-state index in [1.54, 1.807) is 13.8 Å². The number of carboxylic acid groups (broad SMARTS) is 1. The maximum Gasteiger partial charge on any atom is 0.305 e. The van der Waals surface area contributed by atoms with E-state index in [0.29, 0.717) is 13.0 Å². The first-order chi connectivity index (χ1) is 8.26. The summed E-state index contributed by atoms with van der Waals surface area (Å²) in [6, 6.07) is -0.414. The van der Waals surface area contributed by atoms with E-state index < -0.39 is 27.8 Å². The summed E-state index contributed by atoms with van der Waals surface area (Å²) in [5.41, 5.74) is 0. The van der Waals surface area contributed by atoms with Gasteiger partial charge in [-0.3, -0.25) is 9.59 Å². The second-order valence-electron chi connectivity index (χ2n) is 4.67. The number of hydrogen-bond donors (Lipinski definition) is 1. The van der Waals surface area contributed by atoms with Crippen molar-refractivity contribution in [3.63, 3.8) is 0 Å². The van der Waals surface area contributed by atoms with E-state index in [1.165, 1.54) is 4.90 Å². The highest BCUT2D eigenvalue weighted by atomic mass is 32.2. The Labute approximate surface area is 107 Å². The molecule has 1 N–H and O–H groups in total. The molecule has 1 aliphatic rings. The number of hydrogen-bond acceptors (Lipinski definition) is 4. The maximum atomic E-state index is 12.2. The fourth-order valence-electron chi connectivity index (χ4n) is 2.27. The molecule has 2 unspecified atom stereocenters. The molecule has 104 valence electrons. The van der Waals surface area contributed by atoms with Crippen LogP contribution in [0, 0.1) is 5.92 Å². The van der Waals surface area contributed by atoms with E-state index in [-0.39, 0.29) is 23.8 Å². The summed E-state index contributed by atoms with van der Waals surface area (Å²) in [6.07, 6.45) is 0.219. The van der Waals surface area contributed by atoms with Gasteiger partial charge in [-0.25, -0.2) is 8.42 Å². The lowest BCUT2D eigenvalue weighted by Crippen LogP contribution is -2.43. The van der Waals surface area contributed by atoms with Gasteiger partial charge in [0.05, 0.1) is 23.8 Å². The summed E-state index contributed by atoms with van der Waals surface area (Å²) in [6.45, 7) is 3.82. The number of aliphatic carboxylic acids is 1. The molecule has 0 spiro atoms. The lowest BCUT2D eigenvalue weighted by molar-refractivity contribution is -0.141. The first-order valence-electron chi connectivity index (χ1n) is 5.99. The van der Waals surface area contributed by atoms with E-state index in [4.69, 9.17) is 5.11 Å². The van der Waals surface area contributed by atoms with Crippen molar-refractivity contribution in [2.24, 2.45) is 5.92 Å². The Morgan fingerprint density at radius 1 is 1.44 bits per heavy atom. The average Bonchev–Trinajstić information content (AvgIpc) is 2.58. The average molecular weight is 277 g/mol. The summed E-state index contributed by atoms with van der Waals surface area (Å²) in [7, 11) is -3.09. The van der Waals surface area contributed by atoms with Gasteiger partial charge in [0, 0.05) is 12.6 Å². The maximum absolute atomic E-state index is 12.2.